The Bertz CT molecular complexity index is 823. The third kappa shape index (κ3) is 4.11. The maximum Gasteiger partial charge on any atom is 0.273 e. The number of aryl methyl sites for hydroxylation is 2. The Morgan fingerprint density at radius 3 is 2.83 bits per heavy atom. The fourth-order valence-electron chi connectivity index (χ4n) is 2.23. The van der Waals surface area contributed by atoms with Gasteiger partial charge in [-0.1, -0.05) is 35.0 Å². The molecular formula is C17H17BrN4O2. The van der Waals surface area contributed by atoms with Crippen LogP contribution in [-0.2, 0) is 6.54 Å². The number of carbonyl (C=O) groups excluding carboxylic acids is 1. The Labute approximate surface area is 148 Å². The van der Waals surface area contributed by atoms with Gasteiger partial charge in [0, 0.05) is 30.9 Å². The number of benzene rings is 1. The molecule has 6 nitrogen and oxygen atoms in total. The van der Waals surface area contributed by atoms with E-state index in [-0.39, 0.29) is 11.6 Å². The largest absolute Gasteiger partial charge is 0.355 e. The van der Waals surface area contributed by atoms with E-state index in [4.69, 9.17) is 4.52 Å². The van der Waals surface area contributed by atoms with Crippen molar-refractivity contribution in [1.82, 2.24) is 20.3 Å². The lowest BCUT2D eigenvalue weighted by Crippen LogP contribution is -2.25. The molecule has 1 aromatic carbocycles. The van der Waals surface area contributed by atoms with Gasteiger partial charge in [-0.15, -0.1) is 0 Å². The Morgan fingerprint density at radius 1 is 1.33 bits per heavy atom. The summed E-state index contributed by atoms with van der Waals surface area (Å²) in [5.74, 6) is 0.347. The first-order chi connectivity index (χ1) is 11.6. The lowest BCUT2D eigenvalue weighted by atomic mass is 10.1. The predicted molar refractivity (Wildman–Crippen MR) is 93.6 cm³/mol. The SMILES string of the molecule is Cc1ccc(-c2cc(C(=O)NCCCn3cc(Br)cn3)no2)cc1. The Hall–Kier alpha value is -2.41. The molecule has 3 rings (SSSR count). The zero-order chi connectivity index (χ0) is 16.9. The quantitative estimate of drug-likeness (QED) is 0.656. The van der Waals surface area contributed by atoms with Gasteiger partial charge in [0.1, 0.15) is 0 Å². The first-order valence-electron chi connectivity index (χ1n) is 7.62. The summed E-state index contributed by atoms with van der Waals surface area (Å²) < 4.78 is 8.02. The highest BCUT2D eigenvalue weighted by atomic mass is 79.9. The molecule has 1 amide bonds. The molecule has 0 fully saturated rings. The number of hydrogen-bond donors (Lipinski definition) is 1. The standard InChI is InChI=1S/C17H17BrN4O2/c1-12-3-5-13(6-4-12)16-9-15(21-24-16)17(23)19-7-2-8-22-11-14(18)10-20-22/h3-6,9-11H,2,7-8H2,1H3,(H,19,23). The van der Waals surface area contributed by atoms with E-state index < -0.39 is 0 Å². The number of aromatic nitrogens is 3. The minimum atomic E-state index is -0.237. The summed E-state index contributed by atoms with van der Waals surface area (Å²) in [6.07, 6.45) is 4.41. The van der Waals surface area contributed by atoms with Crippen molar-refractivity contribution in [3.8, 4) is 11.3 Å². The van der Waals surface area contributed by atoms with Crippen LogP contribution in [0, 0.1) is 6.92 Å². The average molecular weight is 389 g/mol. The van der Waals surface area contributed by atoms with Gasteiger partial charge in [-0.2, -0.15) is 5.10 Å². The van der Waals surface area contributed by atoms with Crippen LogP contribution in [0.25, 0.3) is 11.3 Å². The molecule has 1 N–H and O–H groups in total. The van der Waals surface area contributed by atoms with Crippen LogP contribution >= 0.6 is 15.9 Å². The van der Waals surface area contributed by atoms with E-state index in [1.807, 2.05) is 42.1 Å². The van der Waals surface area contributed by atoms with Crippen molar-refractivity contribution in [1.29, 1.82) is 0 Å². The van der Waals surface area contributed by atoms with Crippen molar-refractivity contribution in [2.24, 2.45) is 0 Å². The average Bonchev–Trinajstić information content (AvgIpc) is 3.21. The number of rotatable bonds is 6. The van der Waals surface area contributed by atoms with Crippen molar-refractivity contribution in [2.75, 3.05) is 6.54 Å². The molecular weight excluding hydrogens is 372 g/mol. The van der Waals surface area contributed by atoms with Crippen LogP contribution in [0.4, 0.5) is 0 Å². The van der Waals surface area contributed by atoms with Crippen LogP contribution in [0.2, 0.25) is 0 Å². The van der Waals surface area contributed by atoms with E-state index in [0.717, 1.165) is 23.0 Å². The first-order valence-corrected chi connectivity index (χ1v) is 8.41. The zero-order valence-electron chi connectivity index (χ0n) is 13.2. The molecule has 24 heavy (non-hydrogen) atoms. The van der Waals surface area contributed by atoms with Gasteiger partial charge >= 0.3 is 0 Å². The van der Waals surface area contributed by atoms with Gasteiger partial charge in [0.2, 0.25) is 0 Å². The third-order valence-electron chi connectivity index (χ3n) is 3.53. The lowest BCUT2D eigenvalue weighted by molar-refractivity contribution is 0.0943. The monoisotopic (exact) mass is 388 g/mol. The molecule has 0 unspecified atom stereocenters. The summed E-state index contributed by atoms with van der Waals surface area (Å²) in [4.78, 5) is 12.1. The van der Waals surface area contributed by atoms with Crippen LogP contribution in [0.3, 0.4) is 0 Å². The maximum absolute atomic E-state index is 12.1. The van der Waals surface area contributed by atoms with E-state index >= 15 is 0 Å². The predicted octanol–water partition coefficient (Wildman–Crippen LogP) is 3.43. The second-order valence-corrected chi connectivity index (χ2v) is 6.39. The first kappa shape index (κ1) is 16.4. The number of nitrogens with one attached hydrogen (secondary N) is 1. The van der Waals surface area contributed by atoms with Crippen molar-refractivity contribution < 1.29 is 9.32 Å². The Balaban J connectivity index is 1.51. The minimum absolute atomic E-state index is 0.237. The fraction of sp³-hybridized carbons (Fsp3) is 0.235. The number of hydrogen-bond acceptors (Lipinski definition) is 4. The molecule has 2 aromatic heterocycles. The normalized spacial score (nSPS) is 10.8. The van der Waals surface area contributed by atoms with E-state index in [2.05, 4.69) is 31.5 Å². The number of nitrogens with zero attached hydrogens (tertiary/aromatic N) is 3. The van der Waals surface area contributed by atoms with Gasteiger partial charge in [0.25, 0.3) is 5.91 Å². The molecule has 0 aliphatic carbocycles. The van der Waals surface area contributed by atoms with Gasteiger partial charge in [-0.05, 0) is 29.3 Å². The smallest absolute Gasteiger partial charge is 0.273 e. The van der Waals surface area contributed by atoms with Crippen molar-refractivity contribution in [3.05, 3.63) is 58.5 Å². The molecule has 7 heteroatoms. The van der Waals surface area contributed by atoms with E-state index in [1.165, 1.54) is 5.56 Å². The molecule has 3 aromatic rings. The summed E-state index contributed by atoms with van der Waals surface area (Å²) >= 11 is 3.35. The topological polar surface area (TPSA) is 73.0 Å². The van der Waals surface area contributed by atoms with Crippen molar-refractivity contribution in [3.63, 3.8) is 0 Å². The molecule has 0 bridgehead atoms. The molecule has 0 radical (unpaired) electrons. The van der Waals surface area contributed by atoms with Gasteiger partial charge in [-0.25, -0.2) is 0 Å². The van der Waals surface area contributed by atoms with Crippen LogP contribution in [0.15, 0.2) is 51.7 Å². The Kier molecular flexibility index (Phi) is 5.10. The number of carbonyl (C=O) groups is 1. The highest BCUT2D eigenvalue weighted by Crippen LogP contribution is 2.20. The molecule has 0 saturated carbocycles. The van der Waals surface area contributed by atoms with E-state index in [9.17, 15) is 4.79 Å². The highest BCUT2D eigenvalue weighted by molar-refractivity contribution is 9.10. The van der Waals surface area contributed by atoms with Gasteiger partial charge in [0.15, 0.2) is 11.5 Å². The Morgan fingerprint density at radius 2 is 2.12 bits per heavy atom. The maximum atomic E-state index is 12.1. The van der Waals surface area contributed by atoms with Gasteiger partial charge in [-0.3, -0.25) is 9.48 Å². The molecule has 0 spiro atoms. The molecule has 0 saturated heterocycles. The van der Waals surface area contributed by atoms with Crippen LogP contribution in [0.5, 0.6) is 0 Å². The summed E-state index contributed by atoms with van der Waals surface area (Å²) in [6.45, 7) is 3.30. The van der Waals surface area contributed by atoms with Gasteiger partial charge in [0.05, 0.1) is 10.7 Å². The summed E-state index contributed by atoms with van der Waals surface area (Å²) in [5.41, 5.74) is 2.35. The fourth-order valence-corrected chi connectivity index (χ4v) is 2.56. The van der Waals surface area contributed by atoms with Crippen molar-refractivity contribution in [2.45, 2.75) is 19.9 Å². The molecule has 0 aliphatic heterocycles. The molecule has 0 atom stereocenters. The molecule has 0 aliphatic rings. The molecule has 124 valence electrons. The second kappa shape index (κ2) is 7.44. The number of halogens is 1. The molecule has 2 heterocycles. The van der Waals surface area contributed by atoms with Gasteiger partial charge < -0.3 is 9.84 Å². The number of amides is 1. The highest BCUT2D eigenvalue weighted by Gasteiger charge is 2.13. The summed E-state index contributed by atoms with van der Waals surface area (Å²) in [5, 5.41) is 10.8. The minimum Gasteiger partial charge on any atom is -0.355 e. The summed E-state index contributed by atoms with van der Waals surface area (Å²) in [7, 11) is 0. The van der Waals surface area contributed by atoms with E-state index in [0.29, 0.717) is 12.3 Å². The van der Waals surface area contributed by atoms with Crippen LogP contribution in [-0.4, -0.2) is 27.4 Å². The van der Waals surface area contributed by atoms with Crippen LogP contribution in [0.1, 0.15) is 22.5 Å². The van der Waals surface area contributed by atoms with Crippen molar-refractivity contribution >= 4 is 21.8 Å². The second-order valence-electron chi connectivity index (χ2n) is 5.47. The lowest BCUT2D eigenvalue weighted by Gasteiger charge is -2.03. The van der Waals surface area contributed by atoms with E-state index in [1.54, 1.807) is 12.3 Å². The zero-order valence-corrected chi connectivity index (χ0v) is 14.8. The van der Waals surface area contributed by atoms with Crippen LogP contribution < -0.4 is 5.32 Å². The summed E-state index contributed by atoms with van der Waals surface area (Å²) in [6, 6.07) is 9.53. The third-order valence-corrected chi connectivity index (χ3v) is 3.94.